The van der Waals surface area contributed by atoms with Crippen molar-refractivity contribution in [3.63, 3.8) is 0 Å². The minimum atomic E-state index is -4.44. The van der Waals surface area contributed by atoms with Crippen molar-refractivity contribution < 1.29 is 18.0 Å². The van der Waals surface area contributed by atoms with Crippen LogP contribution < -0.4 is 5.73 Å². The van der Waals surface area contributed by atoms with Gasteiger partial charge in [-0.2, -0.15) is 18.4 Å². The van der Waals surface area contributed by atoms with Gasteiger partial charge in [-0.1, -0.05) is 42.5 Å². The first-order valence-corrected chi connectivity index (χ1v) is 8.45. The first-order chi connectivity index (χ1) is 12.8. The van der Waals surface area contributed by atoms with Crippen LogP contribution in [-0.4, -0.2) is 29.9 Å². The first kappa shape index (κ1) is 18.9. The van der Waals surface area contributed by atoms with E-state index in [4.69, 9.17) is 11.0 Å². The highest BCUT2D eigenvalue weighted by molar-refractivity contribution is 5.76. The summed E-state index contributed by atoms with van der Waals surface area (Å²) in [7, 11) is 0. The van der Waals surface area contributed by atoms with Gasteiger partial charge in [0.05, 0.1) is 24.7 Å². The Labute approximate surface area is 155 Å². The summed E-state index contributed by atoms with van der Waals surface area (Å²) in [6.07, 6.45) is -3.91. The molecule has 140 valence electrons. The highest BCUT2D eigenvalue weighted by Gasteiger charge is 2.39. The number of halogens is 3. The van der Waals surface area contributed by atoms with Gasteiger partial charge in [-0.3, -0.25) is 9.69 Å². The molecular weight excluding hydrogens is 355 g/mol. The number of carbonyl (C=O) groups is 1. The zero-order valence-corrected chi connectivity index (χ0v) is 14.4. The molecule has 3 rings (SSSR count). The standard InChI is InChI=1S/C20H18F3N3O/c21-20(22,23)15-6-3-5-14(10-15)19-16-7-2-1-4-13(16)11-17(19)26(9-8-24)12-18(25)27/h1-7,10,17,19H,9,11-12H2,(H2,25,27). The van der Waals surface area contributed by atoms with E-state index in [1.807, 2.05) is 30.3 Å². The third kappa shape index (κ3) is 3.96. The predicted molar refractivity (Wildman–Crippen MR) is 93.6 cm³/mol. The third-order valence-corrected chi connectivity index (χ3v) is 4.88. The van der Waals surface area contributed by atoms with E-state index in [1.165, 1.54) is 6.07 Å². The van der Waals surface area contributed by atoms with Gasteiger partial charge in [0.1, 0.15) is 0 Å². The van der Waals surface area contributed by atoms with Gasteiger partial charge in [0.2, 0.25) is 5.91 Å². The SMILES string of the molecule is N#CCN(CC(N)=O)C1Cc2ccccc2C1c1cccc(C(F)(F)F)c1. The van der Waals surface area contributed by atoms with Crippen molar-refractivity contribution in [2.24, 2.45) is 5.73 Å². The molecule has 2 N–H and O–H groups in total. The largest absolute Gasteiger partial charge is 0.416 e. The highest BCUT2D eigenvalue weighted by atomic mass is 19.4. The maximum Gasteiger partial charge on any atom is 0.416 e. The number of amides is 1. The van der Waals surface area contributed by atoms with E-state index in [-0.39, 0.29) is 25.0 Å². The van der Waals surface area contributed by atoms with Gasteiger partial charge in [-0.25, -0.2) is 0 Å². The number of carbonyl (C=O) groups excluding carboxylic acids is 1. The van der Waals surface area contributed by atoms with Crippen molar-refractivity contribution >= 4 is 5.91 Å². The van der Waals surface area contributed by atoms with Gasteiger partial charge in [-0.05, 0) is 29.2 Å². The maximum absolute atomic E-state index is 13.2. The number of alkyl halides is 3. The van der Waals surface area contributed by atoms with Crippen LogP contribution in [0.25, 0.3) is 0 Å². The third-order valence-electron chi connectivity index (χ3n) is 4.88. The summed E-state index contributed by atoms with van der Waals surface area (Å²) < 4.78 is 39.6. The molecule has 0 radical (unpaired) electrons. The van der Waals surface area contributed by atoms with E-state index in [0.29, 0.717) is 12.0 Å². The molecule has 2 aromatic rings. The molecule has 2 unspecified atom stereocenters. The van der Waals surface area contributed by atoms with Gasteiger partial charge in [0.25, 0.3) is 0 Å². The number of primary amides is 1. The van der Waals surface area contributed by atoms with E-state index in [2.05, 4.69) is 0 Å². The van der Waals surface area contributed by atoms with Gasteiger partial charge in [-0.15, -0.1) is 0 Å². The van der Waals surface area contributed by atoms with Crippen LogP contribution in [-0.2, 0) is 17.4 Å². The first-order valence-electron chi connectivity index (χ1n) is 8.45. The molecule has 0 saturated carbocycles. The molecule has 0 saturated heterocycles. The lowest BCUT2D eigenvalue weighted by Crippen LogP contribution is -2.44. The molecule has 0 aliphatic heterocycles. The van der Waals surface area contributed by atoms with Crippen LogP contribution in [0.5, 0.6) is 0 Å². The number of rotatable bonds is 5. The van der Waals surface area contributed by atoms with Crippen LogP contribution in [0, 0.1) is 11.3 Å². The van der Waals surface area contributed by atoms with Crippen LogP contribution >= 0.6 is 0 Å². The summed E-state index contributed by atoms with van der Waals surface area (Å²) in [6, 6.07) is 14.4. The Morgan fingerprint density at radius 2 is 1.96 bits per heavy atom. The fourth-order valence-corrected chi connectivity index (χ4v) is 3.81. The molecule has 4 nitrogen and oxygen atoms in total. The Kier molecular flexibility index (Phi) is 5.19. The molecule has 1 aliphatic rings. The highest BCUT2D eigenvalue weighted by Crippen LogP contribution is 2.42. The molecule has 0 aromatic heterocycles. The lowest BCUT2D eigenvalue weighted by Gasteiger charge is -2.31. The van der Waals surface area contributed by atoms with Crippen LogP contribution in [0.2, 0.25) is 0 Å². The number of nitrogens with two attached hydrogens (primary N) is 1. The van der Waals surface area contributed by atoms with Crippen LogP contribution in [0.3, 0.4) is 0 Å². The zero-order valence-electron chi connectivity index (χ0n) is 14.4. The van der Waals surface area contributed by atoms with Gasteiger partial charge in [0.15, 0.2) is 0 Å². The minimum absolute atomic E-state index is 0.0307. The fourth-order valence-electron chi connectivity index (χ4n) is 3.81. The Bertz CT molecular complexity index is 889. The second kappa shape index (κ2) is 7.41. The lowest BCUT2D eigenvalue weighted by atomic mass is 9.88. The number of nitrogens with zero attached hydrogens (tertiary/aromatic N) is 2. The molecule has 0 fully saturated rings. The topological polar surface area (TPSA) is 70.1 Å². The van der Waals surface area contributed by atoms with E-state index in [1.54, 1.807) is 11.0 Å². The number of fused-ring (bicyclic) bond motifs is 1. The van der Waals surface area contributed by atoms with Crippen molar-refractivity contribution in [3.8, 4) is 6.07 Å². The second-order valence-corrected chi connectivity index (χ2v) is 6.60. The van der Waals surface area contributed by atoms with Crippen LogP contribution in [0.15, 0.2) is 48.5 Å². The molecule has 0 bridgehead atoms. The second-order valence-electron chi connectivity index (χ2n) is 6.60. The molecule has 2 aromatic carbocycles. The molecule has 0 spiro atoms. The average Bonchev–Trinajstić information content (AvgIpc) is 3.00. The summed E-state index contributed by atoms with van der Waals surface area (Å²) >= 11 is 0. The number of benzene rings is 2. The summed E-state index contributed by atoms with van der Waals surface area (Å²) in [5.41, 5.74) is 7.02. The Hall–Kier alpha value is -2.85. The Morgan fingerprint density at radius 3 is 2.63 bits per heavy atom. The number of hydrogen-bond donors (Lipinski definition) is 1. The van der Waals surface area contributed by atoms with Crippen molar-refractivity contribution in [2.45, 2.75) is 24.6 Å². The smallest absolute Gasteiger partial charge is 0.369 e. The van der Waals surface area contributed by atoms with Crippen molar-refractivity contribution in [1.29, 1.82) is 5.26 Å². The Balaban J connectivity index is 2.07. The Morgan fingerprint density at radius 1 is 1.22 bits per heavy atom. The fraction of sp³-hybridized carbons (Fsp3) is 0.300. The van der Waals surface area contributed by atoms with Gasteiger partial charge >= 0.3 is 6.18 Å². The monoisotopic (exact) mass is 373 g/mol. The molecule has 7 heteroatoms. The summed E-state index contributed by atoms with van der Waals surface area (Å²) in [5.74, 6) is -0.958. The van der Waals surface area contributed by atoms with Gasteiger partial charge in [0, 0.05) is 12.0 Å². The predicted octanol–water partition coefficient (Wildman–Crippen LogP) is 3.07. The van der Waals surface area contributed by atoms with Crippen molar-refractivity contribution in [2.75, 3.05) is 13.1 Å². The normalized spacial score (nSPS) is 18.9. The molecule has 2 atom stereocenters. The minimum Gasteiger partial charge on any atom is -0.369 e. The molecule has 0 heterocycles. The van der Waals surface area contributed by atoms with Crippen molar-refractivity contribution in [3.05, 3.63) is 70.8 Å². The van der Waals surface area contributed by atoms with E-state index < -0.39 is 17.6 Å². The van der Waals surface area contributed by atoms with E-state index in [9.17, 15) is 18.0 Å². The summed E-state index contributed by atoms with van der Waals surface area (Å²) in [4.78, 5) is 13.1. The van der Waals surface area contributed by atoms with Crippen LogP contribution in [0.1, 0.15) is 28.2 Å². The number of nitriles is 1. The zero-order chi connectivity index (χ0) is 19.6. The molecule has 27 heavy (non-hydrogen) atoms. The quantitative estimate of drug-likeness (QED) is 0.819. The summed E-state index contributed by atoms with van der Waals surface area (Å²) in [6.45, 7) is -0.154. The van der Waals surface area contributed by atoms with Gasteiger partial charge < -0.3 is 5.73 Å². The number of hydrogen-bond acceptors (Lipinski definition) is 3. The average molecular weight is 373 g/mol. The molecular formula is C20H18F3N3O. The lowest BCUT2D eigenvalue weighted by molar-refractivity contribution is -0.137. The molecule has 1 amide bonds. The van der Waals surface area contributed by atoms with E-state index in [0.717, 1.165) is 23.3 Å². The summed E-state index contributed by atoms with van der Waals surface area (Å²) in [5, 5.41) is 9.14. The van der Waals surface area contributed by atoms with E-state index >= 15 is 0 Å². The van der Waals surface area contributed by atoms with Crippen molar-refractivity contribution in [1.82, 2.24) is 4.90 Å². The molecule has 1 aliphatic carbocycles. The maximum atomic E-state index is 13.2. The van der Waals surface area contributed by atoms with Crippen LogP contribution in [0.4, 0.5) is 13.2 Å².